The summed E-state index contributed by atoms with van der Waals surface area (Å²) in [6.07, 6.45) is 4.17. The van der Waals surface area contributed by atoms with Crippen molar-refractivity contribution in [1.82, 2.24) is 4.98 Å². The van der Waals surface area contributed by atoms with E-state index < -0.39 is 4.92 Å². The second kappa shape index (κ2) is 6.96. The fourth-order valence-corrected chi connectivity index (χ4v) is 3.19. The van der Waals surface area contributed by atoms with Gasteiger partial charge in [-0.15, -0.1) is 0 Å². The van der Waals surface area contributed by atoms with Gasteiger partial charge in [0, 0.05) is 30.1 Å². The summed E-state index contributed by atoms with van der Waals surface area (Å²) in [5.41, 5.74) is 3.34. The molecule has 0 saturated carbocycles. The van der Waals surface area contributed by atoms with E-state index in [1.165, 1.54) is 12.1 Å². The van der Waals surface area contributed by atoms with Gasteiger partial charge in [-0.25, -0.2) is 0 Å². The first kappa shape index (κ1) is 16.4. The van der Waals surface area contributed by atoms with Crippen molar-refractivity contribution in [3.8, 4) is 16.9 Å². The van der Waals surface area contributed by atoms with Crippen LogP contribution in [0.25, 0.3) is 11.1 Å². The molecule has 1 aromatic heterocycles. The number of non-ortho nitro benzene ring substituents is 1. The number of rotatable bonds is 4. The Bertz CT molecular complexity index is 898. The largest absolute Gasteiger partial charge is 0.506 e. The molecular weight excluding hydrogens is 419 g/mol. The molecule has 0 atom stereocenters. The van der Waals surface area contributed by atoms with Crippen LogP contribution in [0.5, 0.6) is 5.75 Å². The Labute approximate surface area is 152 Å². The molecule has 0 bridgehead atoms. The fourth-order valence-electron chi connectivity index (χ4n) is 2.50. The van der Waals surface area contributed by atoms with Gasteiger partial charge in [0.15, 0.2) is 0 Å². The van der Waals surface area contributed by atoms with Crippen molar-refractivity contribution in [2.24, 2.45) is 0 Å². The molecule has 3 rings (SSSR count). The Hall–Kier alpha value is -2.48. The number of hydrogen-bond donors (Lipinski definition) is 1. The predicted octanol–water partition coefficient (Wildman–Crippen LogP) is 4.56. The van der Waals surface area contributed by atoms with Gasteiger partial charge >= 0.3 is 0 Å². The van der Waals surface area contributed by atoms with E-state index in [0.29, 0.717) is 21.1 Å². The highest BCUT2D eigenvalue weighted by Gasteiger charge is 2.13. The van der Waals surface area contributed by atoms with Gasteiger partial charge in [0.2, 0.25) is 0 Å². The van der Waals surface area contributed by atoms with Gasteiger partial charge in [0.05, 0.1) is 8.49 Å². The van der Waals surface area contributed by atoms with Gasteiger partial charge in [-0.1, -0.05) is 12.1 Å². The maximum Gasteiger partial charge on any atom is 0.270 e. The number of halogens is 1. The molecule has 0 radical (unpaired) electrons. The minimum Gasteiger partial charge on any atom is -0.506 e. The Morgan fingerprint density at radius 1 is 1.08 bits per heavy atom. The summed E-state index contributed by atoms with van der Waals surface area (Å²) in [7, 11) is 0. The van der Waals surface area contributed by atoms with E-state index in [9.17, 15) is 15.2 Å². The average Bonchev–Trinajstić information content (AvgIpc) is 2.59. The normalized spacial score (nSPS) is 10.5. The minimum atomic E-state index is -0.438. The van der Waals surface area contributed by atoms with Gasteiger partial charge < -0.3 is 5.11 Å². The molecule has 0 aliphatic heterocycles. The number of phenols is 1. The lowest BCUT2D eigenvalue weighted by Crippen LogP contribution is -1.93. The lowest BCUT2D eigenvalue weighted by molar-refractivity contribution is -0.384. The number of nitro groups is 1. The molecule has 0 aliphatic rings. The number of phenolic OH excluding ortho intramolecular Hbond substituents is 1. The van der Waals surface area contributed by atoms with Crippen molar-refractivity contribution < 1.29 is 10.0 Å². The average molecular weight is 432 g/mol. The first-order valence-corrected chi connectivity index (χ1v) is 8.27. The van der Waals surface area contributed by atoms with Crippen LogP contribution < -0.4 is 0 Å². The van der Waals surface area contributed by atoms with Crippen molar-refractivity contribution in [3.63, 3.8) is 0 Å². The third-order valence-electron chi connectivity index (χ3n) is 3.65. The van der Waals surface area contributed by atoms with Crippen LogP contribution in [-0.4, -0.2) is 15.0 Å². The molecule has 24 heavy (non-hydrogen) atoms. The molecule has 1 heterocycles. The quantitative estimate of drug-likeness (QED) is 0.373. The van der Waals surface area contributed by atoms with Crippen LogP contribution in [0.15, 0.2) is 60.9 Å². The summed E-state index contributed by atoms with van der Waals surface area (Å²) in [6.45, 7) is 0. The molecule has 0 unspecified atom stereocenters. The molecule has 0 spiro atoms. The molecule has 120 valence electrons. The maximum absolute atomic E-state index is 11.0. The van der Waals surface area contributed by atoms with Gasteiger partial charge in [0.1, 0.15) is 5.75 Å². The summed E-state index contributed by atoms with van der Waals surface area (Å²) >= 11 is 2.07. The molecule has 3 aromatic rings. The zero-order valence-corrected chi connectivity index (χ0v) is 14.7. The van der Waals surface area contributed by atoms with Gasteiger partial charge in [-0.3, -0.25) is 15.1 Å². The van der Waals surface area contributed by atoms with Crippen LogP contribution >= 0.6 is 22.6 Å². The first-order valence-electron chi connectivity index (χ1n) is 7.19. The van der Waals surface area contributed by atoms with E-state index in [2.05, 4.69) is 27.6 Å². The van der Waals surface area contributed by atoms with E-state index in [1.54, 1.807) is 24.5 Å². The zero-order chi connectivity index (χ0) is 17.1. The molecule has 0 fully saturated rings. The molecule has 6 heteroatoms. The molecule has 5 nitrogen and oxygen atoms in total. The maximum atomic E-state index is 11.0. The SMILES string of the molecule is O=[N+]([O-])c1cccc(-c2cc(Cc3ccncc3)cc(I)c2O)c1. The molecule has 0 amide bonds. The first-order chi connectivity index (χ1) is 11.5. The van der Waals surface area contributed by atoms with E-state index in [4.69, 9.17) is 0 Å². The standard InChI is InChI=1S/C18H13IN2O3/c19-17-10-13(8-12-4-6-20-7-5-12)9-16(18(17)22)14-2-1-3-15(11-14)21(23)24/h1-7,9-11,22H,8H2. The molecule has 2 aromatic carbocycles. The van der Waals surface area contributed by atoms with Crippen molar-refractivity contribution in [1.29, 1.82) is 0 Å². The Balaban J connectivity index is 2.04. The minimum absolute atomic E-state index is 0.00134. The number of nitrogens with zero attached hydrogens (tertiary/aromatic N) is 2. The monoisotopic (exact) mass is 432 g/mol. The molecule has 1 N–H and O–H groups in total. The third kappa shape index (κ3) is 3.53. The zero-order valence-electron chi connectivity index (χ0n) is 12.5. The van der Waals surface area contributed by atoms with Crippen LogP contribution in [0.4, 0.5) is 5.69 Å². The number of benzene rings is 2. The van der Waals surface area contributed by atoms with Gasteiger partial charge in [-0.2, -0.15) is 0 Å². The van der Waals surface area contributed by atoms with Crippen LogP contribution in [0.2, 0.25) is 0 Å². The van der Waals surface area contributed by atoms with Gasteiger partial charge in [0.25, 0.3) is 5.69 Å². The Morgan fingerprint density at radius 2 is 1.83 bits per heavy atom. The summed E-state index contributed by atoms with van der Waals surface area (Å²) in [4.78, 5) is 14.5. The number of pyridine rings is 1. The lowest BCUT2D eigenvalue weighted by atomic mass is 9.98. The number of nitro benzene ring substituents is 1. The Morgan fingerprint density at radius 3 is 2.54 bits per heavy atom. The third-order valence-corrected chi connectivity index (χ3v) is 4.47. The highest BCUT2D eigenvalue weighted by molar-refractivity contribution is 14.1. The number of aromatic hydroxyl groups is 1. The second-order valence-electron chi connectivity index (χ2n) is 5.31. The van der Waals surface area contributed by atoms with Crippen molar-refractivity contribution >= 4 is 28.3 Å². The smallest absolute Gasteiger partial charge is 0.270 e. The van der Waals surface area contributed by atoms with Crippen LogP contribution in [0.3, 0.4) is 0 Å². The van der Waals surface area contributed by atoms with Crippen molar-refractivity contribution in [3.05, 3.63) is 85.7 Å². The number of aromatic nitrogens is 1. The lowest BCUT2D eigenvalue weighted by Gasteiger charge is -2.11. The highest BCUT2D eigenvalue weighted by atomic mass is 127. The summed E-state index contributed by atoms with van der Waals surface area (Å²) < 4.78 is 0.709. The second-order valence-corrected chi connectivity index (χ2v) is 6.48. The Kier molecular flexibility index (Phi) is 4.75. The highest BCUT2D eigenvalue weighted by Crippen LogP contribution is 2.36. The number of hydrogen-bond acceptors (Lipinski definition) is 4. The molecule has 0 aliphatic carbocycles. The van der Waals surface area contributed by atoms with E-state index in [0.717, 1.165) is 11.1 Å². The summed E-state index contributed by atoms with van der Waals surface area (Å²) in [5.74, 6) is 0.134. The topological polar surface area (TPSA) is 76.3 Å². The van der Waals surface area contributed by atoms with Crippen molar-refractivity contribution in [2.45, 2.75) is 6.42 Å². The van der Waals surface area contributed by atoms with Crippen molar-refractivity contribution in [2.75, 3.05) is 0 Å². The van der Waals surface area contributed by atoms with Crippen LogP contribution in [0, 0.1) is 13.7 Å². The van der Waals surface area contributed by atoms with E-state index in [1.807, 2.05) is 24.3 Å². The fraction of sp³-hybridized carbons (Fsp3) is 0.0556. The molecule has 0 saturated heterocycles. The molecular formula is C18H13IN2O3. The van der Waals surface area contributed by atoms with E-state index in [-0.39, 0.29) is 11.4 Å². The van der Waals surface area contributed by atoms with Crippen LogP contribution in [0.1, 0.15) is 11.1 Å². The summed E-state index contributed by atoms with van der Waals surface area (Å²) in [6, 6.07) is 13.9. The van der Waals surface area contributed by atoms with Gasteiger partial charge in [-0.05, 0) is 70.0 Å². The summed E-state index contributed by atoms with van der Waals surface area (Å²) in [5, 5.41) is 21.4. The predicted molar refractivity (Wildman–Crippen MR) is 100.0 cm³/mol. The van der Waals surface area contributed by atoms with Crippen LogP contribution in [-0.2, 0) is 6.42 Å². The van der Waals surface area contributed by atoms with E-state index >= 15 is 0 Å².